The molecular formula is C29H29FN6O4. The molecule has 206 valence electrons. The predicted octanol–water partition coefficient (Wildman–Crippen LogP) is 2.87. The van der Waals surface area contributed by atoms with E-state index in [0.717, 1.165) is 36.4 Å². The Morgan fingerprint density at radius 2 is 1.82 bits per heavy atom. The maximum atomic E-state index is 15.1. The number of carbonyl (C=O) groups excluding carboxylic acids is 4. The molecule has 3 aliphatic rings. The van der Waals surface area contributed by atoms with Crippen molar-refractivity contribution in [3.8, 4) is 0 Å². The van der Waals surface area contributed by atoms with Gasteiger partial charge in [0.2, 0.25) is 11.8 Å². The lowest BCUT2D eigenvalue weighted by Crippen LogP contribution is -2.54. The number of nitrogens with one attached hydrogen (secondary N) is 2. The fraction of sp³-hybridized carbons (Fsp3) is 0.345. The van der Waals surface area contributed by atoms with Gasteiger partial charge < -0.3 is 5.32 Å². The average Bonchev–Trinajstić information content (AvgIpc) is 3.57. The van der Waals surface area contributed by atoms with Crippen molar-refractivity contribution in [2.75, 3.05) is 18.4 Å². The number of likely N-dealkylation sites (tertiary alicyclic amines) is 1. The minimum absolute atomic E-state index is 0.0494. The summed E-state index contributed by atoms with van der Waals surface area (Å²) in [6.07, 6.45) is 5.91. The Morgan fingerprint density at radius 1 is 1.00 bits per heavy atom. The molecule has 0 spiro atoms. The number of halogens is 1. The van der Waals surface area contributed by atoms with Crippen molar-refractivity contribution in [3.05, 3.63) is 82.9 Å². The van der Waals surface area contributed by atoms with Gasteiger partial charge in [-0.1, -0.05) is 18.2 Å². The highest BCUT2D eigenvalue weighted by atomic mass is 19.1. The van der Waals surface area contributed by atoms with Crippen LogP contribution in [0.2, 0.25) is 0 Å². The summed E-state index contributed by atoms with van der Waals surface area (Å²) in [5.74, 6) is -2.63. The van der Waals surface area contributed by atoms with Crippen LogP contribution in [0.3, 0.4) is 0 Å². The summed E-state index contributed by atoms with van der Waals surface area (Å²) in [5, 5.41) is 9.64. The zero-order valence-electron chi connectivity index (χ0n) is 21.8. The lowest BCUT2D eigenvalue weighted by atomic mass is 10.0. The van der Waals surface area contributed by atoms with Gasteiger partial charge >= 0.3 is 0 Å². The highest BCUT2D eigenvalue weighted by Crippen LogP contribution is 2.33. The lowest BCUT2D eigenvalue weighted by Gasteiger charge is -2.32. The highest BCUT2D eigenvalue weighted by Gasteiger charge is 2.45. The molecule has 2 fully saturated rings. The minimum atomic E-state index is -1.04. The number of carbonyl (C=O) groups is 4. The van der Waals surface area contributed by atoms with Gasteiger partial charge in [-0.05, 0) is 49.1 Å². The van der Waals surface area contributed by atoms with Crippen LogP contribution in [-0.4, -0.2) is 62.3 Å². The van der Waals surface area contributed by atoms with E-state index in [1.807, 2.05) is 23.0 Å². The van der Waals surface area contributed by atoms with Crippen molar-refractivity contribution in [1.29, 1.82) is 0 Å². The zero-order valence-corrected chi connectivity index (χ0v) is 21.8. The maximum Gasteiger partial charge on any atom is 0.264 e. The van der Waals surface area contributed by atoms with Crippen LogP contribution in [0.15, 0.2) is 54.9 Å². The molecule has 1 atom stereocenters. The molecule has 4 amide bonds. The summed E-state index contributed by atoms with van der Waals surface area (Å²) in [6.45, 7) is 2.60. The fourth-order valence-electron chi connectivity index (χ4n) is 5.78. The third-order valence-corrected chi connectivity index (χ3v) is 7.92. The van der Waals surface area contributed by atoms with E-state index in [1.165, 1.54) is 6.07 Å². The second-order valence-corrected chi connectivity index (χ2v) is 10.4. The van der Waals surface area contributed by atoms with Crippen LogP contribution >= 0.6 is 0 Å². The van der Waals surface area contributed by atoms with Crippen LogP contribution in [0, 0.1) is 5.82 Å². The van der Waals surface area contributed by atoms with E-state index < -0.39 is 29.7 Å². The number of hydrogen-bond acceptors (Lipinski definition) is 7. The van der Waals surface area contributed by atoms with Gasteiger partial charge in [0.25, 0.3) is 11.8 Å². The van der Waals surface area contributed by atoms with Crippen LogP contribution in [0.5, 0.6) is 0 Å². The molecule has 0 bridgehead atoms. The third kappa shape index (κ3) is 4.88. The van der Waals surface area contributed by atoms with Crippen LogP contribution < -0.4 is 10.6 Å². The molecule has 40 heavy (non-hydrogen) atoms. The number of hydrogen-bond donors (Lipinski definition) is 2. The first-order chi connectivity index (χ1) is 19.4. The van der Waals surface area contributed by atoms with E-state index in [2.05, 4.69) is 20.6 Å². The van der Waals surface area contributed by atoms with Crippen LogP contribution in [-0.2, 0) is 22.7 Å². The van der Waals surface area contributed by atoms with E-state index in [-0.39, 0.29) is 36.3 Å². The number of fused-ring (bicyclic) bond motifs is 1. The molecule has 2 aromatic carbocycles. The predicted molar refractivity (Wildman–Crippen MR) is 143 cm³/mol. The Bertz CT molecular complexity index is 1480. The number of nitrogens with zero attached hydrogens (tertiary/aromatic N) is 4. The van der Waals surface area contributed by atoms with Gasteiger partial charge in [-0.2, -0.15) is 5.10 Å². The van der Waals surface area contributed by atoms with E-state index in [4.69, 9.17) is 0 Å². The standard InChI is InChI=1S/C29H29FN6O4/c30-22-15-18(17-34-13-9-20(10-14-34)35-12-2-11-32-35)5-6-19(22)16-31-23-4-1-3-21-26(23)29(40)36(28(21)39)24-7-8-25(37)33-27(24)38/h1-6,11-12,15,20,24,31H,7-10,13-14,16-17H2,(H,33,37,38). The molecule has 11 heteroatoms. The smallest absolute Gasteiger partial charge is 0.264 e. The zero-order chi connectivity index (χ0) is 27.8. The number of benzene rings is 2. The first-order valence-corrected chi connectivity index (χ1v) is 13.5. The molecule has 2 N–H and O–H groups in total. The largest absolute Gasteiger partial charge is 0.380 e. The van der Waals surface area contributed by atoms with Gasteiger partial charge in [0.15, 0.2) is 0 Å². The Hall–Kier alpha value is -4.38. The Kier molecular flexibility index (Phi) is 6.89. The van der Waals surface area contributed by atoms with Crippen molar-refractivity contribution in [3.63, 3.8) is 0 Å². The normalized spacial score (nSPS) is 20.1. The highest BCUT2D eigenvalue weighted by molar-refractivity contribution is 6.25. The van der Waals surface area contributed by atoms with Gasteiger partial charge in [-0.15, -0.1) is 0 Å². The maximum absolute atomic E-state index is 15.1. The van der Waals surface area contributed by atoms with E-state index in [1.54, 1.807) is 30.5 Å². The SMILES string of the molecule is O=C1CCC(N2C(=O)c3cccc(NCc4ccc(CN5CCC(n6cccn6)CC5)cc4F)c3C2=O)C(=O)N1. The summed E-state index contributed by atoms with van der Waals surface area (Å²) in [4.78, 5) is 53.4. The summed E-state index contributed by atoms with van der Waals surface area (Å²) in [7, 11) is 0. The lowest BCUT2D eigenvalue weighted by molar-refractivity contribution is -0.136. The van der Waals surface area contributed by atoms with Gasteiger partial charge in [0.1, 0.15) is 11.9 Å². The van der Waals surface area contributed by atoms with Crippen LogP contribution in [0.4, 0.5) is 10.1 Å². The van der Waals surface area contributed by atoms with Gasteiger partial charge in [0.05, 0.1) is 17.2 Å². The van der Waals surface area contributed by atoms with E-state index in [0.29, 0.717) is 23.8 Å². The molecule has 0 aliphatic carbocycles. The van der Waals surface area contributed by atoms with Crippen molar-refractivity contribution < 1.29 is 23.6 Å². The quantitative estimate of drug-likeness (QED) is 0.440. The Morgan fingerprint density at radius 3 is 2.55 bits per heavy atom. The number of aromatic nitrogens is 2. The second kappa shape index (κ2) is 10.6. The molecule has 3 aromatic rings. The number of amides is 4. The third-order valence-electron chi connectivity index (χ3n) is 7.92. The Balaban J connectivity index is 1.10. The Labute approximate surface area is 230 Å². The van der Waals surface area contributed by atoms with Crippen LogP contribution in [0.1, 0.15) is 63.6 Å². The fourth-order valence-corrected chi connectivity index (χ4v) is 5.78. The van der Waals surface area contributed by atoms with Crippen molar-refractivity contribution in [2.24, 2.45) is 0 Å². The van der Waals surface area contributed by atoms with Crippen molar-refractivity contribution in [2.45, 2.75) is 50.9 Å². The molecule has 10 nitrogen and oxygen atoms in total. The number of rotatable bonds is 7. The summed E-state index contributed by atoms with van der Waals surface area (Å²) < 4.78 is 17.1. The molecule has 3 aliphatic heterocycles. The summed E-state index contributed by atoms with van der Waals surface area (Å²) in [6, 6.07) is 11.3. The van der Waals surface area contributed by atoms with Gasteiger partial charge in [0, 0.05) is 56.2 Å². The van der Waals surface area contributed by atoms with Gasteiger partial charge in [-0.25, -0.2) is 4.39 Å². The average molecular weight is 545 g/mol. The minimum Gasteiger partial charge on any atom is -0.380 e. The number of anilines is 1. The molecule has 4 heterocycles. The molecule has 1 unspecified atom stereocenters. The second-order valence-electron chi connectivity index (χ2n) is 10.4. The van der Waals surface area contributed by atoms with Crippen molar-refractivity contribution in [1.82, 2.24) is 24.9 Å². The first kappa shape index (κ1) is 25.9. The van der Waals surface area contributed by atoms with Crippen LogP contribution in [0.25, 0.3) is 0 Å². The van der Waals surface area contributed by atoms with E-state index in [9.17, 15) is 19.2 Å². The first-order valence-electron chi connectivity index (χ1n) is 13.5. The summed E-state index contributed by atoms with van der Waals surface area (Å²) in [5.41, 5.74) is 2.02. The molecular weight excluding hydrogens is 515 g/mol. The number of imide groups is 2. The van der Waals surface area contributed by atoms with E-state index >= 15 is 4.39 Å². The molecule has 6 rings (SSSR count). The number of piperidine rings is 2. The monoisotopic (exact) mass is 544 g/mol. The van der Waals surface area contributed by atoms with Crippen molar-refractivity contribution >= 4 is 29.3 Å². The molecule has 0 radical (unpaired) electrons. The molecule has 2 saturated heterocycles. The molecule has 1 aromatic heterocycles. The molecule has 0 saturated carbocycles. The summed E-state index contributed by atoms with van der Waals surface area (Å²) >= 11 is 0. The topological polar surface area (TPSA) is 117 Å². The van der Waals surface area contributed by atoms with Gasteiger partial charge in [-0.3, -0.25) is 39.0 Å².